The third-order valence-corrected chi connectivity index (χ3v) is 1.36. The summed E-state index contributed by atoms with van der Waals surface area (Å²) in [6, 6.07) is 3.64. The summed E-state index contributed by atoms with van der Waals surface area (Å²) in [5, 5.41) is 10.5. The summed E-state index contributed by atoms with van der Waals surface area (Å²) in [4.78, 5) is 0. The van der Waals surface area contributed by atoms with Crippen LogP contribution < -0.4 is 0 Å². The van der Waals surface area contributed by atoms with Gasteiger partial charge in [-0.05, 0) is 12.1 Å². The van der Waals surface area contributed by atoms with Gasteiger partial charge in [0.1, 0.15) is 11.2 Å². The first kappa shape index (κ1) is 5.22. The molecule has 10 heavy (non-hydrogen) atoms. The lowest BCUT2D eigenvalue weighted by Gasteiger charge is -1.82. The van der Waals surface area contributed by atoms with Gasteiger partial charge in [0.05, 0.1) is 6.20 Å². The fraction of sp³-hybridized carbons (Fsp3) is 0. The Morgan fingerprint density at radius 1 is 1.60 bits per heavy atom. The Hall–Kier alpha value is -1.58. The zero-order valence-electron chi connectivity index (χ0n) is 5.11. The van der Waals surface area contributed by atoms with Gasteiger partial charge >= 0.3 is 0 Å². The van der Waals surface area contributed by atoms with Crippen LogP contribution in [0.5, 0.6) is 0 Å². The van der Waals surface area contributed by atoms with Crippen LogP contribution in [-0.2, 0) is 0 Å². The molecule has 0 aliphatic rings. The van der Waals surface area contributed by atoms with E-state index < -0.39 is 0 Å². The Morgan fingerprint density at radius 3 is 3.30 bits per heavy atom. The lowest BCUT2D eigenvalue weighted by molar-refractivity contribution is 0.272. The number of fused-ring (bicyclic) bond motifs is 1. The molecule has 0 atom stereocenters. The molecule has 0 fully saturated rings. The normalized spacial score (nSPS) is 10.4. The van der Waals surface area contributed by atoms with Gasteiger partial charge in [0.2, 0.25) is 0 Å². The van der Waals surface area contributed by atoms with Crippen LogP contribution in [0, 0.1) is 5.41 Å². The number of nitrogens with one attached hydrogen (secondary N) is 1. The molecular formula is C6H5N3O. The van der Waals surface area contributed by atoms with E-state index in [4.69, 9.17) is 10.0 Å². The molecular weight excluding hydrogens is 130 g/mol. The van der Waals surface area contributed by atoms with Crippen molar-refractivity contribution >= 4 is 11.7 Å². The first-order valence-electron chi connectivity index (χ1n) is 2.85. The van der Waals surface area contributed by atoms with Gasteiger partial charge in [0.25, 0.3) is 0 Å². The quantitative estimate of drug-likeness (QED) is 0.591. The van der Waals surface area contributed by atoms with Crippen LogP contribution in [0.15, 0.2) is 23.0 Å². The van der Waals surface area contributed by atoms with Crippen molar-refractivity contribution in [3.63, 3.8) is 0 Å². The third kappa shape index (κ3) is 0.500. The molecule has 50 valence electrons. The van der Waals surface area contributed by atoms with Crippen molar-refractivity contribution in [2.45, 2.75) is 0 Å². The van der Waals surface area contributed by atoms with Crippen LogP contribution in [0.1, 0.15) is 5.69 Å². The number of hydrogen-bond acceptors (Lipinski definition) is 3. The largest absolute Gasteiger partial charge is 0.306 e. The summed E-state index contributed by atoms with van der Waals surface area (Å²) < 4.78 is 6.29. The Kier molecular flexibility index (Phi) is 0.887. The molecule has 0 radical (unpaired) electrons. The Morgan fingerprint density at radius 2 is 2.50 bits per heavy atom. The summed E-state index contributed by atoms with van der Waals surface area (Å²) in [5.74, 6) is 0. The molecule has 2 aromatic rings. The second-order valence-electron chi connectivity index (χ2n) is 1.94. The minimum Gasteiger partial charge on any atom is -0.306 e. The van der Waals surface area contributed by atoms with E-state index in [1.165, 1.54) is 10.8 Å². The monoisotopic (exact) mass is 135 g/mol. The van der Waals surface area contributed by atoms with Gasteiger partial charge in [0, 0.05) is 6.21 Å². The molecule has 1 N–H and O–H groups in total. The number of rotatable bonds is 1. The number of nitrogens with zero attached hydrogens (tertiary/aromatic N) is 2. The first-order chi connectivity index (χ1) is 4.92. The SMILES string of the molecule is N=Cc1ccc2cnon12. The average Bonchev–Trinajstić information content (AvgIpc) is 2.44. The minimum absolute atomic E-state index is 0.701. The molecule has 0 bridgehead atoms. The standard InChI is InChI=1S/C6H5N3O/c7-3-5-1-2-6-4-8-10-9(5)6/h1-4,7H. The van der Waals surface area contributed by atoms with Crippen LogP contribution in [0.2, 0.25) is 0 Å². The van der Waals surface area contributed by atoms with E-state index in [1.54, 1.807) is 12.3 Å². The Labute approximate surface area is 56.5 Å². The lowest BCUT2D eigenvalue weighted by atomic mass is 10.5. The summed E-state index contributed by atoms with van der Waals surface area (Å²) in [7, 11) is 0. The Bertz CT molecular complexity index is 360. The Balaban J connectivity index is 2.88. The zero-order valence-corrected chi connectivity index (χ0v) is 5.11. The van der Waals surface area contributed by atoms with Crippen molar-refractivity contribution in [1.29, 1.82) is 5.41 Å². The van der Waals surface area contributed by atoms with Crippen LogP contribution in [0.4, 0.5) is 0 Å². The van der Waals surface area contributed by atoms with E-state index in [0.717, 1.165) is 5.52 Å². The van der Waals surface area contributed by atoms with Gasteiger partial charge in [-0.25, -0.2) is 0 Å². The van der Waals surface area contributed by atoms with E-state index >= 15 is 0 Å². The van der Waals surface area contributed by atoms with Crippen molar-refractivity contribution in [2.24, 2.45) is 0 Å². The third-order valence-electron chi connectivity index (χ3n) is 1.36. The smallest absolute Gasteiger partial charge is 0.105 e. The van der Waals surface area contributed by atoms with Crippen molar-refractivity contribution in [3.05, 3.63) is 24.0 Å². The summed E-state index contributed by atoms with van der Waals surface area (Å²) in [6.45, 7) is 0. The van der Waals surface area contributed by atoms with Crippen LogP contribution in [0.25, 0.3) is 5.52 Å². The van der Waals surface area contributed by atoms with Crippen molar-refractivity contribution in [3.8, 4) is 0 Å². The fourth-order valence-electron chi connectivity index (χ4n) is 0.876. The summed E-state index contributed by atoms with van der Waals surface area (Å²) in [5.41, 5.74) is 1.58. The van der Waals surface area contributed by atoms with Crippen molar-refractivity contribution in [2.75, 3.05) is 0 Å². The van der Waals surface area contributed by atoms with Gasteiger partial charge in [-0.1, -0.05) is 5.16 Å². The highest BCUT2D eigenvalue weighted by molar-refractivity contribution is 5.76. The van der Waals surface area contributed by atoms with E-state index in [9.17, 15) is 0 Å². The summed E-state index contributed by atoms with van der Waals surface area (Å²) >= 11 is 0. The molecule has 0 saturated heterocycles. The predicted molar refractivity (Wildman–Crippen MR) is 35.3 cm³/mol. The number of aromatic nitrogens is 2. The van der Waals surface area contributed by atoms with Gasteiger partial charge in [0.15, 0.2) is 0 Å². The molecule has 0 unspecified atom stereocenters. The van der Waals surface area contributed by atoms with Gasteiger partial charge in [-0.15, -0.1) is 4.57 Å². The molecule has 0 saturated carbocycles. The lowest BCUT2D eigenvalue weighted by Crippen LogP contribution is -1.84. The number of hydrogen-bond donors (Lipinski definition) is 1. The molecule has 0 aliphatic heterocycles. The maximum absolute atomic E-state index is 6.95. The molecule has 2 aromatic heterocycles. The molecule has 2 heterocycles. The van der Waals surface area contributed by atoms with Crippen molar-refractivity contribution in [1.82, 2.24) is 9.73 Å². The van der Waals surface area contributed by atoms with Crippen LogP contribution in [-0.4, -0.2) is 15.9 Å². The van der Waals surface area contributed by atoms with Gasteiger partial charge in [-0.3, -0.25) is 4.63 Å². The minimum atomic E-state index is 0.701. The van der Waals surface area contributed by atoms with E-state index in [2.05, 4.69) is 5.16 Å². The predicted octanol–water partition coefficient (Wildman–Crippen LogP) is 0.925. The van der Waals surface area contributed by atoms with Crippen molar-refractivity contribution < 1.29 is 4.63 Å². The maximum Gasteiger partial charge on any atom is 0.105 e. The molecule has 0 aromatic carbocycles. The van der Waals surface area contributed by atoms with E-state index in [0.29, 0.717) is 5.69 Å². The van der Waals surface area contributed by atoms with Crippen LogP contribution in [0.3, 0.4) is 0 Å². The molecule has 0 amide bonds. The summed E-state index contributed by atoms with van der Waals surface area (Å²) in [6.07, 6.45) is 2.82. The highest BCUT2D eigenvalue weighted by Gasteiger charge is 1.99. The molecule has 2 rings (SSSR count). The van der Waals surface area contributed by atoms with E-state index in [-0.39, 0.29) is 0 Å². The highest BCUT2D eigenvalue weighted by Crippen LogP contribution is 2.05. The second kappa shape index (κ2) is 1.70. The van der Waals surface area contributed by atoms with Gasteiger partial charge in [-0.2, -0.15) is 0 Å². The fourth-order valence-corrected chi connectivity index (χ4v) is 0.876. The molecule has 0 spiro atoms. The van der Waals surface area contributed by atoms with Gasteiger partial charge < -0.3 is 5.41 Å². The highest BCUT2D eigenvalue weighted by atomic mass is 16.6. The maximum atomic E-state index is 6.95. The first-order valence-corrected chi connectivity index (χ1v) is 2.85. The molecule has 0 aliphatic carbocycles. The van der Waals surface area contributed by atoms with Crippen LogP contribution >= 0.6 is 0 Å². The topological polar surface area (TPSA) is 54.3 Å². The van der Waals surface area contributed by atoms with E-state index in [1.807, 2.05) is 6.07 Å². The molecule has 4 heteroatoms. The zero-order chi connectivity index (χ0) is 6.97. The molecule has 4 nitrogen and oxygen atoms in total. The average molecular weight is 135 g/mol. The second-order valence-corrected chi connectivity index (χ2v) is 1.94.